The number of nitrogens with zero attached hydrogens (tertiary/aromatic N) is 1. The van der Waals surface area contributed by atoms with E-state index >= 15 is 0 Å². The molecule has 1 aliphatic rings. The topological polar surface area (TPSA) is 15.9 Å². The Morgan fingerprint density at radius 1 is 1.19 bits per heavy atom. The maximum atomic E-state index is 3.47. The third-order valence-corrected chi connectivity index (χ3v) is 3.67. The molecule has 0 aliphatic carbocycles. The third-order valence-electron chi connectivity index (χ3n) is 2.74. The first kappa shape index (κ1) is 11.6. The Bertz CT molecular complexity index is 467. The third kappa shape index (κ3) is 2.13. The second-order valence-electron chi connectivity index (χ2n) is 3.78. The SMILES string of the molecule is [Br-].c1ccc(Nc2scc3[n+]2CCC3)cc1. The fraction of sp³-hybridized carbons (Fsp3) is 0.250. The first-order valence-corrected chi connectivity index (χ1v) is 6.14. The molecule has 0 bridgehead atoms. The number of aryl methyl sites for hydroxylation is 1. The molecule has 0 amide bonds. The van der Waals surface area contributed by atoms with E-state index in [0.29, 0.717) is 0 Å². The number of hydrogen-bond donors (Lipinski definition) is 1. The predicted octanol–water partition coefficient (Wildman–Crippen LogP) is -0.271. The monoisotopic (exact) mass is 296 g/mol. The summed E-state index contributed by atoms with van der Waals surface area (Å²) in [5, 5.41) is 6.99. The molecule has 1 aromatic carbocycles. The minimum atomic E-state index is 0. The van der Waals surface area contributed by atoms with Crippen molar-refractivity contribution in [3.05, 3.63) is 41.4 Å². The molecule has 3 rings (SSSR count). The van der Waals surface area contributed by atoms with Gasteiger partial charge >= 0.3 is 5.13 Å². The summed E-state index contributed by atoms with van der Waals surface area (Å²) >= 11 is 1.80. The van der Waals surface area contributed by atoms with Crippen LogP contribution in [0.1, 0.15) is 12.1 Å². The Balaban J connectivity index is 0.000000963. The van der Waals surface area contributed by atoms with E-state index in [1.54, 1.807) is 11.3 Å². The van der Waals surface area contributed by atoms with Gasteiger partial charge in [0, 0.05) is 11.8 Å². The van der Waals surface area contributed by atoms with Gasteiger partial charge in [-0.25, -0.2) is 9.88 Å². The lowest BCUT2D eigenvalue weighted by Crippen LogP contribution is -3.00. The lowest BCUT2D eigenvalue weighted by atomic mass is 10.3. The molecular weight excluding hydrogens is 284 g/mol. The van der Waals surface area contributed by atoms with Crippen molar-refractivity contribution in [3.8, 4) is 0 Å². The van der Waals surface area contributed by atoms with Gasteiger partial charge in [-0.2, -0.15) is 0 Å². The van der Waals surface area contributed by atoms with Crippen molar-refractivity contribution in [1.29, 1.82) is 0 Å². The van der Waals surface area contributed by atoms with Gasteiger partial charge in [0.15, 0.2) is 0 Å². The predicted molar refractivity (Wildman–Crippen MR) is 62.6 cm³/mol. The summed E-state index contributed by atoms with van der Waals surface area (Å²) in [6.07, 6.45) is 2.51. The van der Waals surface area contributed by atoms with Gasteiger partial charge in [-0.1, -0.05) is 29.5 Å². The molecule has 0 saturated carbocycles. The Hall–Kier alpha value is -0.870. The molecule has 0 radical (unpaired) electrons. The summed E-state index contributed by atoms with van der Waals surface area (Å²) in [5.41, 5.74) is 2.64. The molecule has 0 spiro atoms. The zero-order valence-corrected chi connectivity index (χ0v) is 11.2. The highest BCUT2D eigenvalue weighted by molar-refractivity contribution is 7.13. The van der Waals surface area contributed by atoms with Crippen molar-refractivity contribution < 1.29 is 21.5 Å². The van der Waals surface area contributed by atoms with E-state index in [9.17, 15) is 0 Å². The molecule has 1 aromatic heterocycles. The molecule has 2 heterocycles. The molecule has 1 N–H and O–H groups in total. The van der Waals surface area contributed by atoms with Crippen LogP contribution in [-0.4, -0.2) is 0 Å². The molecular formula is C12H13BrN2S. The van der Waals surface area contributed by atoms with E-state index in [0.717, 1.165) is 6.54 Å². The minimum absolute atomic E-state index is 0. The number of anilines is 2. The van der Waals surface area contributed by atoms with Gasteiger partial charge in [-0.3, -0.25) is 0 Å². The van der Waals surface area contributed by atoms with Crippen molar-refractivity contribution in [2.75, 3.05) is 5.32 Å². The van der Waals surface area contributed by atoms with Crippen LogP contribution in [0.3, 0.4) is 0 Å². The fourth-order valence-electron chi connectivity index (χ4n) is 1.98. The van der Waals surface area contributed by atoms with Crippen LogP contribution in [0.2, 0.25) is 0 Å². The quantitative estimate of drug-likeness (QED) is 0.755. The van der Waals surface area contributed by atoms with Gasteiger partial charge in [-0.15, -0.1) is 0 Å². The first-order valence-electron chi connectivity index (χ1n) is 5.26. The number of hydrogen-bond acceptors (Lipinski definition) is 2. The number of aromatic nitrogens is 1. The summed E-state index contributed by atoms with van der Waals surface area (Å²) in [6, 6.07) is 10.3. The standard InChI is InChI=1S/C12H12N2S.BrH/c1-2-5-10(6-3-1)13-12-14-8-4-7-11(14)9-15-12;/h1-3,5-6,9H,4,7-8H2;1H. The van der Waals surface area contributed by atoms with Crippen LogP contribution >= 0.6 is 11.3 Å². The summed E-state index contributed by atoms with van der Waals surface area (Å²) in [4.78, 5) is 0. The Kier molecular flexibility index (Phi) is 3.61. The van der Waals surface area contributed by atoms with E-state index in [-0.39, 0.29) is 17.0 Å². The van der Waals surface area contributed by atoms with Crippen LogP contribution in [0.4, 0.5) is 10.8 Å². The van der Waals surface area contributed by atoms with Gasteiger partial charge in [0.05, 0.1) is 6.54 Å². The number of halogens is 1. The summed E-state index contributed by atoms with van der Waals surface area (Å²) in [7, 11) is 0. The van der Waals surface area contributed by atoms with E-state index in [1.165, 1.54) is 29.4 Å². The molecule has 1 aliphatic heterocycles. The lowest BCUT2D eigenvalue weighted by molar-refractivity contribution is -0.672. The highest BCUT2D eigenvalue weighted by atomic mass is 79.9. The van der Waals surface area contributed by atoms with Crippen molar-refractivity contribution in [2.45, 2.75) is 19.4 Å². The van der Waals surface area contributed by atoms with Crippen molar-refractivity contribution in [2.24, 2.45) is 0 Å². The van der Waals surface area contributed by atoms with Gasteiger partial charge in [0.1, 0.15) is 11.4 Å². The molecule has 0 atom stereocenters. The first-order chi connectivity index (χ1) is 7.43. The summed E-state index contributed by atoms with van der Waals surface area (Å²) in [6.45, 7) is 1.16. The van der Waals surface area contributed by atoms with Gasteiger partial charge in [-0.05, 0) is 18.6 Å². The Labute approximate surface area is 110 Å². The summed E-state index contributed by atoms with van der Waals surface area (Å²) in [5.74, 6) is 0. The van der Waals surface area contributed by atoms with Gasteiger partial charge in [0.25, 0.3) is 0 Å². The van der Waals surface area contributed by atoms with Crippen LogP contribution in [0.5, 0.6) is 0 Å². The number of para-hydroxylation sites is 1. The van der Waals surface area contributed by atoms with Gasteiger partial charge in [0.2, 0.25) is 0 Å². The van der Waals surface area contributed by atoms with Crippen LogP contribution in [-0.2, 0) is 13.0 Å². The van der Waals surface area contributed by atoms with E-state index in [4.69, 9.17) is 0 Å². The fourth-order valence-corrected chi connectivity index (χ4v) is 2.99. The highest BCUT2D eigenvalue weighted by Crippen LogP contribution is 2.22. The van der Waals surface area contributed by atoms with Crippen molar-refractivity contribution in [1.82, 2.24) is 0 Å². The minimum Gasteiger partial charge on any atom is -1.00 e. The lowest BCUT2D eigenvalue weighted by Gasteiger charge is -1.98. The second kappa shape index (κ2) is 4.97. The van der Waals surface area contributed by atoms with Crippen LogP contribution in [0.15, 0.2) is 35.7 Å². The molecule has 0 fully saturated rings. The zero-order chi connectivity index (χ0) is 10.1. The average molecular weight is 297 g/mol. The number of fused-ring (bicyclic) bond motifs is 1. The maximum absolute atomic E-state index is 3.47. The van der Waals surface area contributed by atoms with Crippen LogP contribution in [0.25, 0.3) is 0 Å². The smallest absolute Gasteiger partial charge is 0.339 e. The molecule has 0 saturated heterocycles. The number of benzene rings is 1. The van der Waals surface area contributed by atoms with Crippen molar-refractivity contribution >= 4 is 22.2 Å². The normalized spacial score (nSPS) is 13.0. The van der Waals surface area contributed by atoms with Crippen molar-refractivity contribution in [3.63, 3.8) is 0 Å². The van der Waals surface area contributed by atoms with E-state index < -0.39 is 0 Å². The number of thiazole rings is 1. The van der Waals surface area contributed by atoms with E-state index in [1.807, 2.05) is 6.07 Å². The molecule has 16 heavy (non-hydrogen) atoms. The Morgan fingerprint density at radius 2 is 2.00 bits per heavy atom. The maximum Gasteiger partial charge on any atom is 0.339 e. The molecule has 4 heteroatoms. The number of rotatable bonds is 2. The average Bonchev–Trinajstić information content (AvgIpc) is 2.85. The molecule has 84 valence electrons. The van der Waals surface area contributed by atoms with Crippen LogP contribution < -0.4 is 26.9 Å². The number of nitrogens with one attached hydrogen (secondary N) is 1. The van der Waals surface area contributed by atoms with Crippen LogP contribution in [0, 0.1) is 0 Å². The largest absolute Gasteiger partial charge is 1.00 e. The molecule has 2 nitrogen and oxygen atoms in total. The second-order valence-corrected chi connectivity index (χ2v) is 4.64. The molecule has 0 unspecified atom stereocenters. The van der Waals surface area contributed by atoms with E-state index in [2.05, 4.69) is 39.5 Å². The molecule has 2 aromatic rings. The van der Waals surface area contributed by atoms with Gasteiger partial charge < -0.3 is 17.0 Å². The zero-order valence-electron chi connectivity index (χ0n) is 8.82. The summed E-state index contributed by atoms with van der Waals surface area (Å²) < 4.78 is 2.39. The Morgan fingerprint density at radius 3 is 2.81 bits per heavy atom. The highest BCUT2D eigenvalue weighted by Gasteiger charge is 2.22.